The second kappa shape index (κ2) is 5.95. The zero-order valence-corrected chi connectivity index (χ0v) is 13.0. The molecule has 0 N–H and O–H groups in total. The molecule has 8 heteroatoms. The fourth-order valence-electron chi connectivity index (χ4n) is 2.43. The Balaban J connectivity index is 2.19. The highest BCUT2D eigenvalue weighted by molar-refractivity contribution is 6.33. The van der Waals surface area contributed by atoms with Gasteiger partial charge in [0, 0.05) is 19.3 Å². The van der Waals surface area contributed by atoms with Crippen LogP contribution in [0.1, 0.15) is 25.8 Å². The summed E-state index contributed by atoms with van der Waals surface area (Å²) in [6.07, 6.45) is -3.20. The number of halogens is 4. The van der Waals surface area contributed by atoms with Crippen LogP contribution in [-0.4, -0.2) is 30.6 Å². The number of aromatic nitrogens is 1. The van der Waals surface area contributed by atoms with E-state index in [9.17, 15) is 18.0 Å². The number of ether oxygens (including phenoxy) is 1. The molecule has 2 rings (SSSR count). The van der Waals surface area contributed by atoms with Gasteiger partial charge < -0.3 is 9.64 Å². The maximum absolute atomic E-state index is 12.6. The summed E-state index contributed by atoms with van der Waals surface area (Å²) in [4.78, 5) is 17.5. The molecule has 1 aromatic rings. The molecule has 0 aromatic carbocycles. The number of hydrogen-bond donors (Lipinski definition) is 0. The highest BCUT2D eigenvalue weighted by Gasteiger charge is 2.42. The van der Waals surface area contributed by atoms with E-state index in [1.165, 1.54) is 0 Å². The van der Waals surface area contributed by atoms with Gasteiger partial charge in [0.1, 0.15) is 5.82 Å². The van der Waals surface area contributed by atoms with E-state index in [2.05, 4.69) is 4.98 Å². The summed E-state index contributed by atoms with van der Waals surface area (Å²) in [5.74, 6) is -0.0665. The molecule has 122 valence electrons. The van der Waals surface area contributed by atoms with Gasteiger partial charge in [-0.2, -0.15) is 13.2 Å². The summed E-state index contributed by atoms with van der Waals surface area (Å²) in [6, 6.07) is 0.851. The zero-order chi connectivity index (χ0) is 16.5. The molecule has 0 radical (unpaired) electrons. The number of carbonyl (C=O) groups excluding carboxylic acids is 1. The molecule has 0 amide bonds. The molecule has 1 unspecified atom stereocenters. The van der Waals surface area contributed by atoms with Gasteiger partial charge in [0.15, 0.2) is 0 Å². The van der Waals surface area contributed by atoms with Crippen LogP contribution < -0.4 is 4.90 Å². The Labute approximate surface area is 131 Å². The van der Waals surface area contributed by atoms with E-state index in [0.29, 0.717) is 19.5 Å². The molecule has 1 atom stereocenters. The molecule has 0 saturated carbocycles. The van der Waals surface area contributed by atoms with Crippen molar-refractivity contribution >= 4 is 23.4 Å². The van der Waals surface area contributed by atoms with Crippen molar-refractivity contribution in [3.05, 3.63) is 22.8 Å². The number of hydrogen-bond acceptors (Lipinski definition) is 4. The molecule has 0 spiro atoms. The number of alkyl halides is 3. The third-order valence-corrected chi connectivity index (χ3v) is 3.97. The molecule has 2 heterocycles. The first kappa shape index (κ1) is 16.9. The Kier molecular flexibility index (Phi) is 4.56. The van der Waals surface area contributed by atoms with Crippen molar-refractivity contribution in [2.75, 3.05) is 24.6 Å². The Morgan fingerprint density at radius 3 is 2.77 bits per heavy atom. The summed E-state index contributed by atoms with van der Waals surface area (Å²) >= 11 is 5.93. The van der Waals surface area contributed by atoms with Crippen molar-refractivity contribution < 1.29 is 22.7 Å². The van der Waals surface area contributed by atoms with Gasteiger partial charge in [0.25, 0.3) is 0 Å². The minimum Gasteiger partial charge on any atom is -0.466 e. The van der Waals surface area contributed by atoms with Gasteiger partial charge in [-0.1, -0.05) is 11.6 Å². The minimum atomic E-state index is -4.49. The molecule has 4 nitrogen and oxygen atoms in total. The molecule has 1 aliphatic heterocycles. The first-order valence-corrected chi connectivity index (χ1v) is 7.20. The number of carbonyl (C=O) groups is 1. The third-order valence-electron chi connectivity index (χ3n) is 3.69. The van der Waals surface area contributed by atoms with Gasteiger partial charge in [-0.3, -0.25) is 4.79 Å². The van der Waals surface area contributed by atoms with E-state index in [-0.39, 0.29) is 23.4 Å². The normalized spacial score (nSPS) is 22.0. The van der Waals surface area contributed by atoms with Crippen LogP contribution in [0.25, 0.3) is 0 Å². The molecular weight excluding hydrogens is 321 g/mol. The Hall–Kier alpha value is -1.50. The van der Waals surface area contributed by atoms with E-state index in [1.807, 2.05) is 0 Å². The predicted octanol–water partition coefficient (Wildman–Crippen LogP) is 3.53. The molecule has 22 heavy (non-hydrogen) atoms. The largest absolute Gasteiger partial charge is 0.466 e. The topological polar surface area (TPSA) is 42.4 Å². The summed E-state index contributed by atoms with van der Waals surface area (Å²) in [5.41, 5.74) is -1.60. The van der Waals surface area contributed by atoms with Crippen LogP contribution in [0.4, 0.5) is 19.0 Å². The highest BCUT2D eigenvalue weighted by Crippen LogP contribution is 2.38. The van der Waals surface area contributed by atoms with Crippen molar-refractivity contribution in [1.29, 1.82) is 0 Å². The van der Waals surface area contributed by atoms with E-state index < -0.39 is 17.2 Å². The van der Waals surface area contributed by atoms with E-state index in [1.54, 1.807) is 18.7 Å². The molecule has 0 aliphatic carbocycles. The Morgan fingerprint density at radius 1 is 1.55 bits per heavy atom. The number of anilines is 1. The second-order valence-electron chi connectivity index (χ2n) is 5.48. The minimum absolute atomic E-state index is 0.0806. The van der Waals surface area contributed by atoms with Crippen molar-refractivity contribution in [3.63, 3.8) is 0 Å². The van der Waals surface area contributed by atoms with Crippen molar-refractivity contribution in [2.24, 2.45) is 5.41 Å². The van der Waals surface area contributed by atoms with E-state index in [0.717, 1.165) is 12.3 Å². The van der Waals surface area contributed by atoms with Gasteiger partial charge in [-0.05, 0) is 26.3 Å². The lowest BCUT2D eigenvalue weighted by Gasteiger charge is -2.23. The smallest absolute Gasteiger partial charge is 0.417 e. The van der Waals surface area contributed by atoms with Crippen molar-refractivity contribution in [1.82, 2.24) is 4.98 Å². The fraction of sp³-hybridized carbons (Fsp3) is 0.571. The van der Waals surface area contributed by atoms with E-state index >= 15 is 0 Å². The molecular formula is C14H16ClF3N2O2. The van der Waals surface area contributed by atoms with Gasteiger partial charge >= 0.3 is 12.1 Å². The second-order valence-corrected chi connectivity index (χ2v) is 5.89. The Bertz CT molecular complexity index is 580. The van der Waals surface area contributed by atoms with Crippen molar-refractivity contribution in [2.45, 2.75) is 26.4 Å². The van der Waals surface area contributed by atoms with Crippen LogP contribution in [0.15, 0.2) is 12.3 Å². The van der Waals surface area contributed by atoms with Gasteiger partial charge in [-0.25, -0.2) is 4.98 Å². The molecule has 1 aliphatic rings. The molecule has 0 bridgehead atoms. The highest BCUT2D eigenvalue weighted by atomic mass is 35.5. The summed E-state index contributed by atoms with van der Waals surface area (Å²) in [6.45, 7) is 4.57. The molecule has 1 fully saturated rings. The first-order chi connectivity index (χ1) is 10.2. The van der Waals surface area contributed by atoms with Crippen LogP contribution in [-0.2, 0) is 15.7 Å². The van der Waals surface area contributed by atoms with Crippen molar-refractivity contribution in [3.8, 4) is 0 Å². The molecule has 1 aromatic heterocycles. The first-order valence-electron chi connectivity index (χ1n) is 6.82. The molecule has 1 saturated heterocycles. The van der Waals surface area contributed by atoms with Crippen LogP contribution in [0.2, 0.25) is 5.02 Å². The number of esters is 1. The predicted molar refractivity (Wildman–Crippen MR) is 75.8 cm³/mol. The van der Waals surface area contributed by atoms with Gasteiger partial charge in [-0.15, -0.1) is 0 Å². The standard InChI is InChI=1S/C14H16ClF3N2O2/c1-3-22-12(21)13(2)4-5-20(8-13)11-10(15)6-9(7-19-11)14(16,17)18/h6-7H,3-5,8H2,1-2H3. The average molecular weight is 337 g/mol. The number of pyridine rings is 1. The van der Waals surface area contributed by atoms with E-state index in [4.69, 9.17) is 16.3 Å². The Morgan fingerprint density at radius 2 is 2.23 bits per heavy atom. The monoisotopic (exact) mass is 336 g/mol. The van der Waals surface area contributed by atoms with Crippen LogP contribution in [0.5, 0.6) is 0 Å². The van der Waals surface area contributed by atoms with Crippen LogP contribution >= 0.6 is 11.6 Å². The quantitative estimate of drug-likeness (QED) is 0.792. The summed E-state index contributed by atoms with van der Waals surface area (Å²) in [5, 5.41) is -0.0806. The van der Waals surface area contributed by atoms with Crippen LogP contribution in [0, 0.1) is 5.41 Å². The third kappa shape index (κ3) is 3.29. The lowest BCUT2D eigenvalue weighted by molar-refractivity contribution is -0.153. The summed E-state index contributed by atoms with van der Waals surface area (Å²) < 4.78 is 42.9. The lowest BCUT2D eigenvalue weighted by Crippen LogP contribution is -2.34. The summed E-state index contributed by atoms with van der Waals surface area (Å²) in [7, 11) is 0. The lowest BCUT2D eigenvalue weighted by atomic mass is 9.90. The average Bonchev–Trinajstić information content (AvgIpc) is 2.82. The van der Waals surface area contributed by atoms with Gasteiger partial charge in [0.05, 0.1) is 22.6 Å². The fourth-order valence-corrected chi connectivity index (χ4v) is 2.72. The maximum Gasteiger partial charge on any atom is 0.417 e. The number of rotatable bonds is 3. The maximum atomic E-state index is 12.6. The zero-order valence-electron chi connectivity index (χ0n) is 12.2. The van der Waals surface area contributed by atoms with Gasteiger partial charge in [0.2, 0.25) is 0 Å². The van der Waals surface area contributed by atoms with Crippen LogP contribution in [0.3, 0.4) is 0 Å². The SMILES string of the molecule is CCOC(=O)C1(C)CCN(c2ncc(C(F)(F)F)cc2Cl)C1. The number of nitrogens with zero attached hydrogens (tertiary/aromatic N) is 2.